The minimum Gasteiger partial charge on any atom is -0.313 e. The molecule has 0 radical (unpaired) electrons. The van der Waals surface area contributed by atoms with Gasteiger partial charge in [0.2, 0.25) is 0 Å². The van der Waals surface area contributed by atoms with Crippen molar-refractivity contribution in [1.82, 2.24) is 20.1 Å². The van der Waals surface area contributed by atoms with Crippen molar-refractivity contribution in [2.75, 3.05) is 7.05 Å². The van der Waals surface area contributed by atoms with Crippen LogP contribution in [0.1, 0.15) is 11.4 Å². The molecule has 1 heterocycles. The van der Waals surface area contributed by atoms with Crippen LogP contribution in [0, 0.1) is 3.57 Å². The Morgan fingerprint density at radius 3 is 2.75 bits per heavy atom. The molecule has 0 spiro atoms. The van der Waals surface area contributed by atoms with E-state index in [1.165, 1.54) is 9.13 Å². The molecule has 0 atom stereocenters. The molecule has 5 heteroatoms. The van der Waals surface area contributed by atoms with Gasteiger partial charge in [-0.15, -0.1) is 0 Å². The Kier molecular flexibility index (Phi) is 3.89. The highest BCUT2D eigenvalue weighted by Crippen LogP contribution is 2.07. The molecule has 0 fully saturated rings. The van der Waals surface area contributed by atoms with Crippen molar-refractivity contribution in [1.29, 1.82) is 0 Å². The molecule has 0 saturated heterocycles. The third-order valence-electron chi connectivity index (χ3n) is 2.18. The van der Waals surface area contributed by atoms with Crippen LogP contribution < -0.4 is 5.32 Å². The summed E-state index contributed by atoms with van der Waals surface area (Å²) in [7, 11) is 1.89. The van der Waals surface area contributed by atoms with Gasteiger partial charge in [0, 0.05) is 3.57 Å². The number of benzene rings is 1. The molecule has 0 unspecified atom stereocenters. The van der Waals surface area contributed by atoms with Gasteiger partial charge in [0.25, 0.3) is 0 Å². The average molecular weight is 328 g/mol. The first-order valence-corrected chi connectivity index (χ1v) is 6.13. The quantitative estimate of drug-likeness (QED) is 0.868. The molecular weight excluding hydrogens is 315 g/mol. The average Bonchev–Trinajstić information content (AvgIpc) is 2.70. The largest absolute Gasteiger partial charge is 0.313 e. The van der Waals surface area contributed by atoms with Gasteiger partial charge in [-0.1, -0.05) is 12.1 Å². The van der Waals surface area contributed by atoms with Crippen LogP contribution in [0.15, 0.2) is 30.6 Å². The first-order valence-electron chi connectivity index (χ1n) is 5.05. The first-order chi connectivity index (χ1) is 7.78. The van der Waals surface area contributed by atoms with E-state index in [0.717, 1.165) is 12.4 Å². The molecule has 2 aromatic rings. The van der Waals surface area contributed by atoms with Crippen molar-refractivity contribution >= 4 is 22.6 Å². The fourth-order valence-electron chi connectivity index (χ4n) is 1.43. The molecule has 0 amide bonds. The van der Waals surface area contributed by atoms with Crippen molar-refractivity contribution < 1.29 is 0 Å². The number of hydrogen-bond acceptors (Lipinski definition) is 3. The normalized spacial score (nSPS) is 10.6. The Balaban J connectivity index is 2.05. The van der Waals surface area contributed by atoms with E-state index in [9.17, 15) is 0 Å². The van der Waals surface area contributed by atoms with Gasteiger partial charge in [-0.2, -0.15) is 5.10 Å². The smallest absolute Gasteiger partial charge is 0.164 e. The lowest BCUT2D eigenvalue weighted by Gasteiger charge is -2.00. The fraction of sp³-hybridized carbons (Fsp3) is 0.273. The second kappa shape index (κ2) is 5.40. The highest BCUT2D eigenvalue weighted by molar-refractivity contribution is 14.1. The molecule has 2 rings (SSSR count). The first kappa shape index (κ1) is 11.5. The summed E-state index contributed by atoms with van der Waals surface area (Å²) in [5.74, 6) is 0.827. The number of nitrogens with one attached hydrogen (secondary N) is 1. The van der Waals surface area contributed by atoms with Gasteiger partial charge in [0.1, 0.15) is 6.33 Å². The standard InChI is InChI=1S/C11H13IN4/c1-13-6-11-14-8-16(15-11)7-9-2-4-10(12)5-3-9/h2-5,8,13H,6-7H2,1H3. The third-order valence-corrected chi connectivity index (χ3v) is 2.90. The van der Waals surface area contributed by atoms with Crippen molar-refractivity contribution in [2.45, 2.75) is 13.1 Å². The summed E-state index contributed by atoms with van der Waals surface area (Å²) in [5.41, 5.74) is 1.24. The molecule has 1 aromatic heterocycles. The number of nitrogens with zero attached hydrogens (tertiary/aromatic N) is 3. The van der Waals surface area contributed by atoms with Gasteiger partial charge >= 0.3 is 0 Å². The molecule has 4 nitrogen and oxygen atoms in total. The molecule has 1 aromatic carbocycles. The van der Waals surface area contributed by atoms with E-state index in [-0.39, 0.29) is 0 Å². The monoisotopic (exact) mass is 328 g/mol. The van der Waals surface area contributed by atoms with E-state index >= 15 is 0 Å². The van der Waals surface area contributed by atoms with E-state index in [1.54, 1.807) is 6.33 Å². The number of hydrogen-bond donors (Lipinski definition) is 1. The third kappa shape index (κ3) is 3.02. The second-order valence-corrected chi connectivity index (χ2v) is 4.76. The zero-order valence-electron chi connectivity index (χ0n) is 9.02. The summed E-state index contributed by atoms with van der Waals surface area (Å²) in [4.78, 5) is 4.21. The fourth-order valence-corrected chi connectivity index (χ4v) is 1.78. The summed E-state index contributed by atoms with van der Waals surface area (Å²) in [5, 5.41) is 7.39. The topological polar surface area (TPSA) is 42.7 Å². The lowest BCUT2D eigenvalue weighted by atomic mass is 10.2. The molecule has 0 saturated carbocycles. The van der Waals surface area contributed by atoms with Crippen molar-refractivity contribution in [2.24, 2.45) is 0 Å². The number of rotatable bonds is 4. The SMILES string of the molecule is CNCc1ncn(Cc2ccc(I)cc2)n1. The minimum absolute atomic E-state index is 0.708. The Labute approximate surface area is 108 Å². The molecule has 0 aliphatic heterocycles. The van der Waals surface area contributed by atoms with Crippen LogP contribution in [-0.2, 0) is 13.1 Å². The van der Waals surface area contributed by atoms with E-state index < -0.39 is 0 Å². The van der Waals surface area contributed by atoms with E-state index in [4.69, 9.17) is 0 Å². The lowest BCUT2D eigenvalue weighted by molar-refractivity contribution is 0.658. The summed E-state index contributed by atoms with van der Waals surface area (Å²) < 4.78 is 3.10. The van der Waals surface area contributed by atoms with Crippen molar-refractivity contribution in [3.8, 4) is 0 Å². The van der Waals surface area contributed by atoms with E-state index in [1.807, 2.05) is 11.7 Å². The van der Waals surface area contributed by atoms with Crippen LogP contribution in [0.25, 0.3) is 0 Å². The summed E-state index contributed by atoms with van der Waals surface area (Å²) in [6, 6.07) is 8.42. The van der Waals surface area contributed by atoms with Gasteiger partial charge in [-0.25, -0.2) is 9.67 Å². The number of halogens is 1. The van der Waals surface area contributed by atoms with Crippen LogP contribution in [0.5, 0.6) is 0 Å². The molecule has 0 bridgehead atoms. The Morgan fingerprint density at radius 2 is 2.06 bits per heavy atom. The molecule has 0 aliphatic rings. The van der Waals surface area contributed by atoms with Crippen LogP contribution >= 0.6 is 22.6 Å². The highest BCUT2D eigenvalue weighted by Gasteiger charge is 2.00. The molecule has 0 aliphatic carbocycles. The second-order valence-electron chi connectivity index (χ2n) is 3.52. The zero-order valence-corrected chi connectivity index (χ0v) is 11.2. The summed E-state index contributed by atoms with van der Waals surface area (Å²) in [6.45, 7) is 1.48. The van der Waals surface area contributed by atoms with Gasteiger partial charge in [-0.05, 0) is 47.3 Å². The zero-order chi connectivity index (χ0) is 11.4. The molecular formula is C11H13IN4. The van der Waals surface area contributed by atoms with Gasteiger partial charge < -0.3 is 5.32 Å². The molecule has 84 valence electrons. The van der Waals surface area contributed by atoms with Gasteiger partial charge in [0.05, 0.1) is 13.1 Å². The minimum atomic E-state index is 0.708. The van der Waals surface area contributed by atoms with Gasteiger partial charge in [-0.3, -0.25) is 0 Å². The maximum absolute atomic E-state index is 4.36. The van der Waals surface area contributed by atoms with Crippen LogP contribution in [0.4, 0.5) is 0 Å². The molecule has 1 N–H and O–H groups in total. The van der Waals surface area contributed by atoms with Crippen molar-refractivity contribution in [3.05, 3.63) is 45.6 Å². The predicted octanol–water partition coefficient (Wildman–Crippen LogP) is 1.65. The van der Waals surface area contributed by atoms with E-state index in [2.05, 4.69) is 62.3 Å². The predicted molar refractivity (Wildman–Crippen MR) is 71.0 cm³/mol. The Bertz CT molecular complexity index is 449. The Morgan fingerprint density at radius 1 is 1.31 bits per heavy atom. The summed E-state index contributed by atoms with van der Waals surface area (Å²) >= 11 is 2.30. The van der Waals surface area contributed by atoms with Gasteiger partial charge in [0.15, 0.2) is 5.82 Å². The Hall–Kier alpha value is -0.950. The maximum atomic E-state index is 4.36. The van der Waals surface area contributed by atoms with E-state index in [0.29, 0.717) is 6.54 Å². The number of aromatic nitrogens is 3. The molecule has 16 heavy (non-hydrogen) atoms. The summed E-state index contributed by atoms with van der Waals surface area (Å²) in [6.07, 6.45) is 1.77. The maximum Gasteiger partial charge on any atom is 0.164 e. The highest BCUT2D eigenvalue weighted by atomic mass is 127. The lowest BCUT2D eigenvalue weighted by Crippen LogP contribution is -2.08. The van der Waals surface area contributed by atoms with Crippen LogP contribution in [0.3, 0.4) is 0 Å². The van der Waals surface area contributed by atoms with Crippen molar-refractivity contribution in [3.63, 3.8) is 0 Å². The van der Waals surface area contributed by atoms with Crippen LogP contribution in [-0.4, -0.2) is 21.8 Å². The van der Waals surface area contributed by atoms with Crippen LogP contribution in [0.2, 0.25) is 0 Å².